The summed E-state index contributed by atoms with van der Waals surface area (Å²) in [5.41, 5.74) is 7.77. The maximum Gasteiger partial charge on any atom is 0.225 e. The van der Waals surface area contributed by atoms with E-state index in [0.29, 0.717) is 6.04 Å². The number of para-hydroxylation sites is 1. The van der Waals surface area contributed by atoms with Crippen LogP contribution in [0.25, 0.3) is 0 Å². The third kappa shape index (κ3) is 2.14. The number of carbonyl (C=O) groups excluding carboxylic acids is 1. The van der Waals surface area contributed by atoms with E-state index in [1.54, 1.807) is 0 Å². The van der Waals surface area contributed by atoms with Crippen LogP contribution in [-0.2, 0) is 4.79 Å². The van der Waals surface area contributed by atoms with Crippen LogP contribution >= 0.6 is 0 Å². The van der Waals surface area contributed by atoms with E-state index in [1.807, 2.05) is 18.2 Å². The lowest BCUT2D eigenvalue weighted by Crippen LogP contribution is -2.42. The molecule has 0 saturated carbocycles. The molecule has 3 nitrogen and oxygen atoms in total. The fraction of sp³-hybridized carbons (Fsp3) is 0.500. The molecule has 0 saturated heterocycles. The molecule has 1 aliphatic heterocycles. The van der Waals surface area contributed by atoms with E-state index in [1.165, 1.54) is 5.69 Å². The quantitative estimate of drug-likeness (QED) is 0.869. The van der Waals surface area contributed by atoms with Crippen molar-refractivity contribution in [1.82, 2.24) is 0 Å². The summed E-state index contributed by atoms with van der Waals surface area (Å²) in [6, 6.07) is 8.50. The lowest BCUT2D eigenvalue weighted by molar-refractivity contribution is -0.119. The predicted molar refractivity (Wildman–Crippen MR) is 70.1 cm³/mol. The molecule has 2 N–H and O–H groups in total. The van der Waals surface area contributed by atoms with E-state index in [0.717, 1.165) is 24.9 Å². The summed E-state index contributed by atoms with van der Waals surface area (Å²) in [4.78, 5) is 13.9. The minimum atomic E-state index is -0.208. The average Bonchev–Trinajstić information content (AvgIpc) is 2.32. The van der Waals surface area contributed by atoms with Crippen molar-refractivity contribution >= 4 is 11.6 Å². The van der Waals surface area contributed by atoms with Crippen molar-refractivity contribution in [2.24, 2.45) is 5.73 Å². The van der Waals surface area contributed by atoms with E-state index in [2.05, 4.69) is 24.8 Å². The number of amides is 1. The lowest BCUT2D eigenvalue weighted by atomic mass is 9.85. The van der Waals surface area contributed by atoms with Gasteiger partial charge in [0.2, 0.25) is 5.91 Å². The standard InChI is InChI=1S/C14H20N2O/c1-3-8-16-10(2)9-12(14(15)17)11-6-4-5-7-13(11)16/h4-7,10,12H,3,8-9H2,1-2H3,(H2,15,17). The van der Waals surface area contributed by atoms with E-state index >= 15 is 0 Å². The predicted octanol–water partition coefficient (Wildman–Crippen LogP) is 2.26. The summed E-state index contributed by atoms with van der Waals surface area (Å²) in [6.07, 6.45) is 1.94. The van der Waals surface area contributed by atoms with Crippen LogP contribution in [0.3, 0.4) is 0 Å². The fourth-order valence-corrected chi connectivity index (χ4v) is 2.73. The molecular weight excluding hydrogens is 212 g/mol. The van der Waals surface area contributed by atoms with Crippen LogP contribution in [0.15, 0.2) is 24.3 Å². The summed E-state index contributed by atoms with van der Waals surface area (Å²) in [7, 11) is 0. The van der Waals surface area contributed by atoms with Crippen molar-refractivity contribution in [1.29, 1.82) is 0 Å². The molecular formula is C14H20N2O. The van der Waals surface area contributed by atoms with E-state index in [-0.39, 0.29) is 11.8 Å². The monoisotopic (exact) mass is 232 g/mol. The van der Waals surface area contributed by atoms with Crippen LogP contribution in [0.5, 0.6) is 0 Å². The summed E-state index contributed by atoms with van der Waals surface area (Å²) < 4.78 is 0. The molecule has 1 amide bonds. The van der Waals surface area contributed by atoms with Gasteiger partial charge in [-0.05, 0) is 31.4 Å². The van der Waals surface area contributed by atoms with Crippen LogP contribution in [0.4, 0.5) is 5.69 Å². The molecule has 3 heteroatoms. The molecule has 0 spiro atoms. The highest BCUT2D eigenvalue weighted by Crippen LogP contribution is 2.38. The maximum absolute atomic E-state index is 11.5. The van der Waals surface area contributed by atoms with Crippen LogP contribution in [0.1, 0.15) is 38.2 Å². The molecule has 2 rings (SSSR count). The van der Waals surface area contributed by atoms with Gasteiger partial charge in [0.15, 0.2) is 0 Å². The number of fused-ring (bicyclic) bond motifs is 1. The molecule has 0 bridgehead atoms. The topological polar surface area (TPSA) is 46.3 Å². The van der Waals surface area contributed by atoms with Crippen LogP contribution in [-0.4, -0.2) is 18.5 Å². The second kappa shape index (κ2) is 4.78. The summed E-state index contributed by atoms with van der Waals surface area (Å²) >= 11 is 0. The Labute approximate surface area is 103 Å². The van der Waals surface area contributed by atoms with Gasteiger partial charge in [-0.25, -0.2) is 0 Å². The molecule has 0 aliphatic carbocycles. The summed E-state index contributed by atoms with van der Waals surface area (Å²) in [5.74, 6) is -0.338. The second-order valence-electron chi connectivity index (χ2n) is 4.79. The molecule has 92 valence electrons. The van der Waals surface area contributed by atoms with Gasteiger partial charge in [-0.3, -0.25) is 4.79 Å². The van der Waals surface area contributed by atoms with Gasteiger partial charge in [0, 0.05) is 18.3 Å². The maximum atomic E-state index is 11.5. The zero-order valence-corrected chi connectivity index (χ0v) is 10.5. The van der Waals surface area contributed by atoms with Crippen molar-refractivity contribution in [2.45, 2.75) is 38.6 Å². The molecule has 1 aromatic rings. The van der Waals surface area contributed by atoms with Crippen molar-refractivity contribution in [2.75, 3.05) is 11.4 Å². The third-order valence-corrected chi connectivity index (χ3v) is 3.54. The Balaban J connectivity index is 2.43. The third-order valence-electron chi connectivity index (χ3n) is 3.54. The summed E-state index contributed by atoms with van der Waals surface area (Å²) in [5, 5.41) is 0. The van der Waals surface area contributed by atoms with Gasteiger partial charge in [0.25, 0.3) is 0 Å². The Kier molecular flexibility index (Phi) is 3.36. The van der Waals surface area contributed by atoms with Crippen molar-refractivity contribution in [3.8, 4) is 0 Å². The normalized spacial score (nSPS) is 23.3. The van der Waals surface area contributed by atoms with Crippen LogP contribution < -0.4 is 10.6 Å². The first-order valence-corrected chi connectivity index (χ1v) is 6.30. The number of nitrogens with two attached hydrogens (primary N) is 1. The van der Waals surface area contributed by atoms with Gasteiger partial charge in [-0.1, -0.05) is 25.1 Å². The van der Waals surface area contributed by atoms with Crippen LogP contribution in [0.2, 0.25) is 0 Å². The molecule has 17 heavy (non-hydrogen) atoms. The van der Waals surface area contributed by atoms with Crippen molar-refractivity contribution < 1.29 is 4.79 Å². The number of rotatable bonds is 3. The summed E-state index contributed by atoms with van der Waals surface area (Å²) in [6.45, 7) is 5.38. The van der Waals surface area contributed by atoms with Gasteiger partial charge < -0.3 is 10.6 Å². The molecule has 1 aromatic carbocycles. The first kappa shape index (κ1) is 12.0. The van der Waals surface area contributed by atoms with E-state index in [9.17, 15) is 4.79 Å². The minimum Gasteiger partial charge on any atom is -0.369 e. The van der Waals surface area contributed by atoms with Crippen LogP contribution in [0, 0.1) is 0 Å². The largest absolute Gasteiger partial charge is 0.369 e. The second-order valence-corrected chi connectivity index (χ2v) is 4.79. The molecule has 0 radical (unpaired) electrons. The highest BCUT2D eigenvalue weighted by atomic mass is 16.1. The Morgan fingerprint density at radius 2 is 2.18 bits per heavy atom. The lowest BCUT2D eigenvalue weighted by Gasteiger charge is -2.39. The number of nitrogens with zero attached hydrogens (tertiary/aromatic N) is 1. The first-order chi connectivity index (χ1) is 8.15. The zero-order chi connectivity index (χ0) is 12.4. The molecule has 1 aliphatic rings. The van der Waals surface area contributed by atoms with Crippen molar-refractivity contribution in [3.63, 3.8) is 0 Å². The number of benzene rings is 1. The molecule has 0 aromatic heterocycles. The zero-order valence-electron chi connectivity index (χ0n) is 10.5. The fourth-order valence-electron chi connectivity index (χ4n) is 2.73. The SMILES string of the molecule is CCCN1c2ccccc2C(C(N)=O)CC1C. The Bertz CT molecular complexity index is 416. The Morgan fingerprint density at radius 1 is 1.47 bits per heavy atom. The minimum absolute atomic E-state index is 0.130. The van der Waals surface area contributed by atoms with E-state index < -0.39 is 0 Å². The highest BCUT2D eigenvalue weighted by molar-refractivity contribution is 5.85. The average molecular weight is 232 g/mol. The Hall–Kier alpha value is -1.51. The van der Waals surface area contributed by atoms with E-state index in [4.69, 9.17) is 5.73 Å². The number of hydrogen-bond acceptors (Lipinski definition) is 2. The van der Waals surface area contributed by atoms with Crippen molar-refractivity contribution in [3.05, 3.63) is 29.8 Å². The van der Waals surface area contributed by atoms with Gasteiger partial charge in [-0.2, -0.15) is 0 Å². The molecule has 0 fully saturated rings. The Morgan fingerprint density at radius 3 is 2.82 bits per heavy atom. The molecule has 2 atom stereocenters. The number of primary amides is 1. The molecule has 2 unspecified atom stereocenters. The van der Waals surface area contributed by atoms with Gasteiger partial charge in [0.1, 0.15) is 0 Å². The number of carbonyl (C=O) groups is 1. The van der Waals surface area contributed by atoms with Gasteiger partial charge in [-0.15, -0.1) is 0 Å². The molecule has 1 heterocycles. The van der Waals surface area contributed by atoms with Gasteiger partial charge >= 0.3 is 0 Å². The van der Waals surface area contributed by atoms with Gasteiger partial charge in [0.05, 0.1) is 5.92 Å². The smallest absolute Gasteiger partial charge is 0.225 e. The number of hydrogen-bond donors (Lipinski definition) is 1. The highest BCUT2D eigenvalue weighted by Gasteiger charge is 2.32. The first-order valence-electron chi connectivity index (χ1n) is 6.30. The number of anilines is 1.